The summed E-state index contributed by atoms with van der Waals surface area (Å²) in [6.45, 7) is 2.07. The van der Waals surface area contributed by atoms with E-state index in [1.807, 2.05) is 13.0 Å². The van der Waals surface area contributed by atoms with E-state index in [2.05, 4.69) is 10.8 Å². The largest absolute Gasteiger partial charge is 0.325 e. The van der Waals surface area contributed by atoms with E-state index in [-0.39, 0.29) is 18.6 Å². The van der Waals surface area contributed by atoms with E-state index >= 15 is 0 Å². The molecule has 104 valence electrons. The van der Waals surface area contributed by atoms with Gasteiger partial charge in [0.15, 0.2) is 0 Å². The van der Waals surface area contributed by atoms with Gasteiger partial charge in [0, 0.05) is 10.7 Å². The lowest BCUT2D eigenvalue weighted by Gasteiger charge is -2.12. The number of anilines is 1. The zero-order chi connectivity index (χ0) is 13.7. The molecule has 2 rings (SSSR count). The Labute approximate surface area is 118 Å². The minimum absolute atomic E-state index is 0.136. The molecule has 0 aliphatic heterocycles. The van der Waals surface area contributed by atoms with Gasteiger partial charge in [-0.05, 0) is 37.5 Å². The average Bonchev–Trinajstić information content (AvgIpc) is 2.87. The Morgan fingerprint density at radius 2 is 2.16 bits per heavy atom. The Hall–Kier alpha value is -1.10. The van der Waals surface area contributed by atoms with E-state index < -0.39 is 0 Å². The summed E-state index contributed by atoms with van der Waals surface area (Å²) < 4.78 is 0. The summed E-state index contributed by atoms with van der Waals surface area (Å²) in [5.41, 5.74) is 4.45. The SMILES string of the molecule is Cc1ccc(Cl)cc1NC(=O)CNOC1CCCC1. The molecule has 2 N–H and O–H groups in total. The predicted octanol–water partition coefficient (Wildman–Crippen LogP) is 3.05. The fourth-order valence-electron chi connectivity index (χ4n) is 2.15. The van der Waals surface area contributed by atoms with Crippen LogP contribution in [0.2, 0.25) is 5.02 Å². The normalized spacial score (nSPS) is 15.7. The van der Waals surface area contributed by atoms with Crippen LogP contribution < -0.4 is 10.8 Å². The molecule has 0 bridgehead atoms. The van der Waals surface area contributed by atoms with Crippen LogP contribution in [0.4, 0.5) is 5.69 Å². The van der Waals surface area contributed by atoms with Crippen LogP contribution in [0.3, 0.4) is 0 Å². The van der Waals surface area contributed by atoms with Crippen LogP contribution in [0.15, 0.2) is 18.2 Å². The van der Waals surface area contributed by atoms with Crippen molar-refractivity contribution in [2.45, 2.75) is 38.7 Å². The zero-order valence-electron chi connectivity index (χ0n) is 11.0. The van der Waals surface area contributed by atoms with Gasteiger partial charge >= 0.3 is 0 Å². The van der Waals surface area contributed by atoms with E-state index in [9.17, 15) is 4.79 Å². The van der Waals surface area contributed by atoms with Crippen LogP contribution >= 0.6 is 11.6 Å². The summed E-state index contributed by atoms with van der Waals surface area (Å²) in [5, 5.41) is 3.42. The van der Waals surface area contributed by atoms with Gasteiger partial charge in [-0.2, -0.15) is 5.48 Å². The lowest BCUT2D eigenvalue weighted by Crippen LogP contribution is -2.31. The summed E-state index contributed by atoms with van der Waals surface area (Å²) in [6, 6.07) is 5.42. The van der Waals surface area contributed by atoms with Crippen molar-refractivity contribution >= 4 is 23.2 Å². The molecule has 4 nitrogen and oxygen atoms in total. The van der Waals surface area contributed by atoms with Gasteiger partial charge in [0.2, 0.25) is 5.91 Å². The van der Waals surface area contributed by atoms with Crippen molar-refractivity contribution in [1.82, 2.24) is 5.48 Å². The molecule has 0 aromatic heterocycles. The van der Waals surface area contributed by atoms with Crippen LogP contribution in [-0.2, 0) is 9.63 Å². The number of hydrogen-bond acceptors (Lipinski definition) is 3. The first-order valence-corrected chi connectivity index (χ1v) is 6.97. The number of rotatable bonds is 5. The maximum absolute atomic E-state index is 11.8. The van der Waals surface area contributed by atoms with E-state index in [0.717, 1.165) is 24.1 Å². The third-order valence-corrected chi connectivity index (χ3v) is 3.49. The van der Waals surface area contributed by atoms with Crippen LogP contribution in [-0.4, -0.2) is 18.6 Å². The fourth-order valence-corrected chi connectivity index (χ4v) is 2.33. The number of aryl methyl sites for hydroxylation is 1. The summed E-state index contributed by atoms with van der Waals surface area (Å²) in [5.74, 6) is -0.136. The van der Waals surface area contributed by atoms with Gasteiger partial charge in [0.05, 0.1) is 6.10 Å². The molecule has 19 heavy (non-hydrogen) atoms. The lowest BCUT2D eigenvalue weighted by atomic mass is 10.2. The predicted molar refractivity (Wildman–Crippen MR) is 76.2 cm³/mol. The molecule has 1 fully saturated rings. The molecule has 1 aliphatic rings. The Balaban J connectivity index is 1.75. The van der Waals surface area contributed by atoms with Crippen molar-refractivity contribution in [2.24, 2.45) is 0 Å². The second-order valence-corrected chi connectivity index (χ2v) is 5.29. The summed E-state index contributed by atoms with van der Waals surface area (Å²) in [4.78, 5) is 17.2. The highest BCUT2D eigenvalue weighted by atomic mass is 35.5. The molecule has 0 unspecified atom stereocenters. The maximum Gasteiger partial charge on any atom is 0.240 e. The summed E-state index contributed by atoms with van der Waals surface area (Å²) in [7, 11) is 0. The van der Waals surface area contributed by atoms with E-state index in [1.165, 1.54) is 12.8 Å². The molecule has 1 aromatic carbocycles. The van der Waals surface area contributed by atoms with Gasteiger partial charge in [-0.15, -0.1) is 0 Å². The molecule has 0 heterocycles. The minimum Gasteiger partial charge on any atom is -0.325 e. The van der Waals surface area contributed by atoms with Crippen LogP contribution in [0.5, 0.6) is 0 Å². The minimum atomic E-state index is -0.136. The molecule has 0 atom stereocenters. The average molecular weight is 283 g/mol. The highest BCUT2D eigenvalue weighted by Gasteiger charge is 2.15. The second kappa shape index (κ2) is 6.89. The quantitative estimate of drug-likeness (QED) is 0.816. The first-order valence-electron chi connectivity index (χ1n) is 6.59. The molecule has 1 aromatic rings. The molecule has 0 saturated heterocycles. The van der Waals surface area contributed by atoms with Gasteiger partial charge in [0.1, 0.15) is 6.54 Å². The Kier molecular flexibility index (Phi) is 5.19. The van der Waals surface area contributed by atoms with Crippen molar-refractivity contribution in [1.29, 1.82) is 0 Å². The number of carbonyl (C=O) groups is 1. The molecule has 1 amide bonds. The monoisotopic (exact) mass is 282 g/mol. The number of carbonyl (C=O) groups excluding carboxylic acids is 1. The zero-order valence-corrected chi connectivity index (χ0v) is 11.8. The molecular weight excluding hydrogens is 264 g/mol. The number of nitrogens with one attached hydrogen (secondary N) is 2. The smallest absolute Gasteiger partial charge is 0.240 e. The van der Waals surface area contributed by atoms with Gasteiger partial charge in [-0.3, -0.25) is 9.63 Å². The van der Waals surface area contributed by atoms with Crippen molar-refractivity contribution in [3.05, 3.63) is 28.8 Å². The molecule has 0 spiro atoms. The first kappa shape index (κ1) is 14.3. The number of hydrogen-bond donors (Lipinski definition) is 2. The Bertz CT molecular complexity index is 445. The van der Waals surface area contributed by atoms with E-state index in [4.69, 9.17) is 16.4 Å². The number of hydroxylamine groups is 1. The standard InChI is InChI=1S/C14H19ClN2O2/c1-10-6-7-11(15)8-13(10)17-14(18)9-16-19-12-4-2-3-5-12/h6-8,12,16H,2-5,9H2,1H3,(H,17,18). The van der Waals surface area contributed by atoms with Gasteiger partial charge in [-0.1, -0.05) is 30.5 Å². The summed E-state index contributed by atoms with van der Waals surface area (Å²) in [6.07, 6.45) is 4.81. The van der Waals surface area contributed by atoms with Crippen LogP contribution in [0.25, 0.3) is 0 Å². The van der Waals surface area contributed by atoms with Gasteiger partial charge in [-0.25, -0.2) is 0 Å². The topological polar surface area (TPSA) is 50.4 Å². The van der Waals surface area contributed by atoms with Gasteiger partial charge in [0.25, 0.3) is 0 Å². The summed E-state index contributed by atoms with van der Waals surface area (Å²) >= 11 is 5.90. The second-order valence-electron chi connectivity index (χ2n) is 4.85. The first-order chi connectivity index (χ1) is 9.15. The number of halogens is 1. The van der Waals surface area contributed by atoms with Crippen molar-refractivity contribution < 1.29 is 9.63 Å². The van der Waals surface area contributed by atoms with E-state index in [0.29, 0.717) is 5.02 Å². The third-order valence-electron chi connectivity index (χ3n) is 3.26. The molecule has 1 saturated carbocycles. The van der Waals surface area contributed by atoms with Crippen molar-refractivity contribution in [3.8, 4) is 0 Å². The molecule has 1 aliphatic carbocycles. The lowest BCUT2D eigenvalue weighted by molar-refractivity contribution is -0.119. The molecular formula is C14H19ClN2O2. The van der Waals surface area contributed by atoms with Crippen molar-refractivity contribution in [3.63, 3.8) is 0 Å². The van der Waals surface area contributed by atoms with Crippen LogP contribution in [0, 0.1) is 6.92 Å². The van der Waals surface area contributed by atoms with Gasteiger partial charge < -0.3 is 5.32 Å². The maximum atomic E-state index is 11.8. The number of benzene rings is 1. The number of amides is 1. The van der Waals surface area contributed by atoms with Crippen LogP contribution in [0.1, 0.15) is 31.2 Å². The van der Waals surface area contributed by atoms with E-state index in [1.54, 1.807) is 12.1 Å². The fraction of sp³-hybridized carbons (Fsp3) is 0.500. The van der Waals surface area contributed by atoms with Crippen molar-refractivity contribution in [2.75, 3.05) is 11.9 Å². The Morgan fingerprint density at radius 3 is 2.89 bits per heavy atom. The third kappa shape index (κ3) is 4.49. The highest BCUT2D eigenvalue weighted by molar-refractivity contribution is 6.31. The highest BCUT2D eigenvalue weighted by Crippen LogP contribution is 2.20. The molecule has 5 heteroatoms. The molecule has 0 radical (unpaired) electrons. The Morgan fingerprint density at radius 1 is 1.42 bits per heavy atom.